The summed E-state index contributed by atoms with van der Waals surface area (Å²) in [7, 11) is 0. The monoisotopic (exact) mass is 372 g/mol. The molecule has 1 aromatic carbocycles. The normalized spacial score (nSPS) is 25.5. The van der Waals surface area contributed by atoms with Gasteiger partial charge in [0.15, 0.2) is 0 Å². The number of aliphatic carboxylic acids is 1. The van der Waals surface area contributed by atoms with Crippen molar-refractivity contribution in [2.45, 2.75) is 24.9 Å². The van der Waals surface area contributed by atoms with E-state index in [1.807, 2.05) is 30.3 Å². The highest BCUT2D eigenvalue weighted by molar-refractivity contribution is 7.09. The minimum atomic E-state index is -0.868. The van der Waals surface area contributed by atoms with Crippen molar-refractivity contribution in [1.29, 1.82) is 0 Å². The minimum absolute atomic E-state index is 0.0102. The molecule has 4 rings (SSSR count). The molecule has 2 aliphatic rings. The first-order chi connectivity index (χ1) is 12.6. The molecule has 7 heteroatoms. The number of benzene rings is 1. The summed E-state index contributed by atoms with van der Waals surface area (Å²) in [6.07, 6.45) is 1.93. The summed E-state index contributed by atoms with van der Waals surface area (Å²) in [6.45, 7) is 1.34. The predicted octanol–water partition coefficient (Wildman–Crippen LogP) is 2.94. The summed E-state index contributed by atoms with van der Waals surface area (Å²) in [5.74, 6) is -1.87. The van der Waals surface area contributed by atoms with Crippen LogP contribution in [0, 0.1) is 5.92 Å². The van der Waals surface area contributed by atoms with Crippen molar-refractivity contribution in [3.63, 3.8) is 0 Å². The number of aromatic nitrogens is 1. The molecule has 2 aliphatic heterocycles. The number of thiazole rings is 1. The quantitative estimate of drug-likeness (QED) is 0.893. The number of hydrogen-bond acceptors (Lipinski definition) is 5. The zero-order valence-corrected chi connectivity index (χ0v) is 15.0. The van der Waals surface area contributed by atoms with Crippen molar-refractivity contribution in [2.24, 2.45) is 5.92 Å². The lowest BCUT2D eigenvalue weighted by Crippen LogP contribution is -2.30. The molecule has 6 nitrogen and oxygen atoms in total. The van der Waals surface area contributed by atoms with Gasteiger partial charge in [0.1, 0.15) is 16.8 Å². The first-order valence-corrected chi connectivity index (χ1v) is 9.65. The molecule has 3 unspecified atom stereocenters. The number of ether oxygens (including phenoxy) is 1. The van der Waals surface area contributed by atoms with Gasteiger partial charge in [-0.2, -0.15) is 0 Å². The topological polar surface area (TPSA) is 79.7 Å². The molecule has 3 atom stereocenters. The number of carboxylic acid groups (broad SMARTS) is 1. The number of likely N-dealkylation sites (tertiary alicyclic amines) is 1. The second-order valence-electron chi connectivity index (χ2n) is 6.74. The molecule has 1 amide bonds. The fourth-order valence-corrected chi connectivity index (χ4v) is 4.60. The summed E-state index contributed by atoms with van der Waals surface area (Å²) >= 11 is 1.44. The van der Waals surface area contributed by atoms with Crippen molar-refractivity contribution < 1.29 is 19.4 Å². The number of nitrogens with zero attached hydrogens (tertiary/aromatic N) is 2. The van der Waals surface area contributed by atoms with Crippen LogP contribution in [0.1, 0.15) is 45.9 Å². The standard InChI is InChI=1S/C19H20N2O4S/c22-18(15-11-26-17(20-15)16-7-4-8-25-16)21-9-13(14(10-21)19(23)24)12-5-2-1-3-6-12/h1-3,5-6,11,13-14,16H,4,7-10H2,(H,23,24). The molecule has 2 saturated heterocycles. The summed E-state index contributed by atoms with van der Waals surface area (Å²) in [5, 5.41) is 12.2. The minimum Gasteiger partial charge on any atom is -0.481 e. The van der Waals surface area contributed by atoms with Gasteiger partial charge in [-0.05, 0) is 18.4 Å². The van der Waals surface area contributed by atoms with Crippen LogP contribution in [0.5, 0.6) is 0 Å². The van der Waals surface area contributed by atoms with Gasteiger partial charge in [0.05, 0.1) is 5.92 Å². The second-order valence-corrected chi connectivity index (χ2v) is 7.63. The highest BCUT2D eigenvalue weighted by Gasteiger charge is 2.41. The van der Waals surface area contributed by atoms with E-state index >= 15 is 0 Å². The number of carbonyl (C=O) groups excluding carboxylic acids is 1. The van der Waals surface area contributed by atoms with Gasteiger partial charge in [0.2, 0.25) is 0 Å². The van der Waals surface area contributed by atoms with E-state index in [4.69, 9.17) is 4.74 Å². The van der Waals surface area contributed by atoms with E-state index in [-0.39, 0.29) is 24.5 Å². The molecule has 0 aliphatic carbocycles. The zero-order chi connectivity index (χ0) is 18.1. The van der Waals surface area contributed by atoms with Crippen molar-refractivity contribution >= 4 is 23.2 Å². The molecule has 2 aromatic rings. The average Bonchev–Trinajstić information content (AvgIpc) is 3.41. The van der Waals surface area contributed by atoms with Gasteiger partial charge in [-0.15, -0.1) is 11.3 Å². The van der Waals surface area contributed by atoms with E-state index in [2.05, 4.69) is 4.98 Å². The zero-order valence-electron chi connectivity index (χ0n) is 14.2. The van der Waals surface area contributed by atoms with Gasteiger partial charge in [-0.3, -0.25) is 9.59 Å². The molecule has 0 bridgehead atoms. The van der Waals surface area contributed by atoms with Crippen LogP contribution in [0.2, 0.25) is 0 Å². The number of carbonyl (C=O) groups is 2. The van der Waals surface area contributed by atoms with Gasteiger partial charge in [-0.25, -0.2) is 4.98 Å². The summed E-state index contributed by atoms with van der Waals surface area (Å²) in [4.78, 5) is 30.6. The van der Waals surface area contributed by atoms with E-state index in [9.17, 15) is 14.7 Å². The third-order valence-corrected chi connectivity index (χ3v) is 6.03. The lowest BCUT2D eigenvalue weighted by Gasteiger charge is -2.15. The Balaban J connectivity index is 1.52. The maximum atomic E-state index is 12.9. The Kier molecular flexibility index (Phi) is 4.74. The highest BCUT2D eigenvalue weighted by Crippen LogP contribution is 2.35. The van der Waals surface area contributed by atoms with Gasteiger partial charge in [0, 0.05) is 31.0 Å². The second kappa shape index (κ2) is 7.17. The summed E-state index contributed by atoms with van der Waals surface area (Å²) in [6, 6.07) is 9.54. The third-order valence-electron chi connectivity index (χ3n) is 5.10. The van der Waals surface area contributed by atoms with Crippen LogP contribution >= 0.6 is 11.3 Å². The first-order valence-electron chi connectivity index (χ1n) is 8.77. The van der Waals surface area contributed by atoms with E-state index in [0.29, 0.717) is 12.2 Å². The molecular weight excluding hydrogens is 352 g/mol. The molecule has 2 fully saturated rings. The Bertz CT molecular complexity index is 801. The molecule has 136 valence electrons. The Morgan fingerprint density at radius 3 is 2.73 bits per heavy atom. The molecule has 0 spiro atoms. The maximum absolute atomic E-state index is 12.9. The van der Waals surface area contributed by atoms with Crippen molar-refractivity contribution in [1.82, 2.24) is 9.88 Å². The smallest absolute Gasteiger partial charge is 0.308 e. The SMILES string of the molecule is O=C(O)C1CN(C(=O)c2csc(C3CCCO3)n2)CC1c1ccccc1. The van der Waals surface area contributed by atoms with Gasteiger partial charge < -0.3 is 14.7 Å². The Hall–Kier alpha value is -2.25. The number of hydrogen-bond donors (Lipinski definition) is 1. The van der Waals surface area contributed by atoms with Crippen LogP contribution in [0.3, 0.4) is 0 Å². The average molecular weight is 372 g/mol. The van der Waals surface area contributed by atoms with Crippen molar-refractivity contribution in [2.75, 3.05) is 19.7 Å². The molecule has 0 radical (unpaired) electrons. The Labute approximate surface area is 155 Å². The van der Waals surface area contributed by atoms with Crippen LogP contribution in [0.25, 0.3) is 0 Å². The lowest BCUT2D eigenvalue weighted by molar-refractivity contribution is -0.141. The molecule has 1 aromatic heterocycles. The lowest BCUT2D eigenvalue weighted by atomic mass is 9.89. The van der Waals surface area contributed by atoms with Crippen LogP contribution in [0.15, 0.2) is 35.7 Å². The molecular formula is C19H20N2O4S. The number of rotatable bonds is 4. The number of amides is 1. The van der Waals surface area contributed by atoms with E-state index in [1.165, 1.54) is 11.3 Å². The number of carboxylic acids is 1. The van der Waals surface area contributed by atoms with E-state index in [1.54, 1.807) is 10.3 Å². The van der Waals surface area contributed by atoms with Crippen LogP contribution in [-0.2, 0) is 9.53 Å². The van der Waals surface area contributed by atoms with Crippen molar-refractivity contribution in [3.8, 4) is 0 Å². The van der Waals surface area contributed by atoms with Gasteiger partial charge in [0.25, 0.3) is 5.91 Å². The summed E-state index contributed by atoms with van der Waals surface area (Å²) in [5.41, 5.74) is 1.34. The fourth-order valence-electron chi connectivity index (χ4n) is 3.73. The van der Waals surface area contributed by atoms with Crippen LogP contribution in [-0.4, -0.2) is 46.6 Å². The van der Waals surface area contributed by atoms with Crippen LogP contribution in [0.4, 0.5) is 0 Å². The fraction of sp³-hybridized carbons (Fsp3) is 0.421. The van der Waals surface area contributed by atoms with Crippen molar-refractivity contribution in [3.05, 3.63) is 52.0 Å². The maximum Gasteiger partial charge on any atom is 0.308 e. The summed E-state index contributed by atoms with van der Waals surface area (Å²) < 4.78 is 5.63. The van der Waals surface area contributed by atoms with Crippen LogP contribution < -0.4 is 0 Å². The first kappa shape index (κ1) is 17.2. The molecule has 3 heterocycles. The van der Waals surface area contributed by atoms with Gasteiger partial charge >= 0.3 is 5.97 Å². The predicted molar refractivity (Wildman–Crippen MR) is 96.3 cm³/mol. The Morgan fingerprint density at radius 2 is 2.04 bits per heavy atom. The molecule has 1 N–H and O–H groups in total. The van der Waals surface area contributed by atoms with E-state index in [0.717, 1.165) is 30.0 Å². The Morgan fingerprint density at radius 1 is 1.23 bits per heavy atom. The van der Waals surface area contributed by atoms with E-state index < -0.39 is 11.9 Å². The third kappa shape index (κ3) is 3.24. The molecule has 0 saturated carbocycles. The largest absolute Gasteiger partial charge is 0.481 e. The van der Waals surface area contributed by atoms with Gasteiger partial charge in [-0.1, -0.05) is 30.3 Å². The molecule has 26 heavy (non-hydrogen) atoms. The highest BCUT2D eigenvalue weighted by atomic mass is 32.1.